The Balaban J connectivity index is 1.96. The lowest BCUT2D eigenvalue weighted by Gasteiger charge is -2.27. The van der Waals surface area contributed by atoms with Crippen LogP contribution in [0.25, 0.3) is 0 Å². The molecule has 0 spiro atoms. The largest absolute Gasteiger partial charge is 0.496 e. The van der Waals surface area contributed by atoms with Gasteiger partial charge in [0.15, 0.2) is 0 Å². The molecule has 37 heavy (non-hydrogen) atoms. The zero-order valence-corrected chi connectivity index (χ0v) is 23.9. The van der Waals surface area contributed by atoms with Crippen molar-refractivity contribution in [1.29, 1.82) is 0 Å². The Morgan fingerprint density at radius 1 is 0.919 bits per heavy atom. The second kappa shape index (κ2) is 11.4. The maximum Gasteiger partial charge on any atom is 0.264 e. The summed E-state index contributed by atoms with van der Waals surface area (Å²) in [7, 11) is -2.33. The summed E-state index contributed by atoms with van der Waals surface area (Å²) in [5, 5.41) is 3.02. The summed E-state index contributed by atoms with van der Waals surface area (Å²) in [6.07, 6.45) is 0. The van der Waals surface area contributed by atoms with Gasteiger partial charge in [-0.2, -0.15) is 0 Å². The van der Waals surface area contributed by atoms with Gasteiger partial charge in [-0.25, -0.2) is 8.42 Å². The highest BCUT2D eigenvalue weighted by Crippen LogP contribution is 2.32. The molecule has 1 N–H and O–H groups in total. The first-order valence-corrected chi connectivity index (χ1v) is 13.9. The second-order valence-corrected chi connectivity index (χ2v) is 11.8. The van der Waals surface area contributed by atoms with E-state index in [9.17, 15) is 13.2 Å². The smallest absolute Gasteiger partial charge is 0.264 e. The van der Waals surface area contributed by atoms with Crippen LogP contribution in [0.4, 0.5) is 5.69 Å². The molecule has 0 aromatic heterocycles. The van der Waals surface area contributed by atoms with Gasteiger partial charge in [0.2, 0.25) is 5.91 Å². The first-order chi connectivity index (χ1) is 17.4. The number of aryl methyl sites for hydroxylation is 3. The Morgan fingerprint density at radius 2 is 1.57 bits per heavy atom. The van der Waals surface area contributed by atoms with Crippen molar-refractivity contribution >= 4 is 21.6 Å². The molecule has 7 heteroatoms. The molecular weight excluding hydrogens is 484 g/mol. The predicted molar refractivity (Wildman–Crippen MR) is 150 cm³/mol. The van der Waals surface area contributed by atoms with Gasteiger partial charge in [0.25, 0.3) is 10.0 Å². The van der Waals surface area contributed by atoms with Crippen molar-refractivity contribution in [1.82, 2.24) is 5.32 Å². The molecule has 0 fully saturated rings. The molecular formula is C30H38N2O4S. The molecule has 3 rings (SSSR count). The average Bonchev–Trinajstić information content (AvgIpc) is 2.84. The van der Waals surface area contributed by atoms with Gasteiger partial charge in [-0.1, -0.05) is 43.7 Å². The van der Waals surface area contributed by atoms with Crippen LogP contribution in [0, 0.1) is 27.7 Å². The minimum atomic E-state index is -3.98. The monoisotopic (exact) mass is 522 g/mol. The molecule has 0 aliphatic rings. The summed E-state index contributed by atoms with van der Waals surface area (Å²) in [6, 6.07) is 15.9. The first kappa shape index (κ1) is 28.3. The summed E-state index contributed by atoms with van der Waals surface area (Å²) in [4.78, 5) is 13.5. The van der Waals surface area contributed by atoms with E-state index in [0.29, 0.717) is 5.69 Å². The molecule has 198 valence electrons. The Morgan fingerprint density at radius 3 is 2.16 bits per heavy atom. The molecule has 1 atom stereocenters. The Hall–Kier alpha value is -3.32. The molecule has 0 heterocycles. The van der Waals surface area contributed by atoms with Crippen LogP contribution in [0.2, 0.25) is 0 Å². The van der Waals surface area contributed by atoms with Crippen LogP contribution in [0.5, 0.6) is 5.75 Å². The highest BCUT2D eigenvalue weighted by Gasteiger charge is 2.29. The molecule has 3 aromatic carbocycles. The van der Waals surface area contributed by atoms with Crippen molar-refractivity contribution in [2.75, 3.05) is 18.0 Å². The summed E-state index contributed by atoms with van der Waals surface area (Å²) in [5.41, 5.74) is 6.23. The lowest BCUT2D eigenvalue weighted by molar-refractivity contribution is -0.120. The van der Waals surface area contributed by atoms with E-state index in [1.165, 1.54) is 4.31 Å². The van der Waals surface area contributed by atoms with Crippen LogP contribution in [-0.4, -0.2) is 28.0 Å². The lowest BCUT2D eigenvalue weighted by atomic mass is 9.93. The second-order valence-electron chi connectivity index (χ2n) is 9.94. The van der Waals surface area contributed by atoms with Gasteiger partial charge in [0, 0.05) is 0 Å². The van der Waals surface area contributed by atoms with Gasteiger partial charge in [-0.15, -0.1) is 0 Å². The molecule has 6 nitrogen and oxygen atoms in total. The van der Waals surface area contributed by atoms with Crippen LogP contribution in [-0.2, 0) is 14.8 Å². The zero-order valence-electron chi connectivity index (χ0n) is 23.0. The van der Waals surface area contributed by atoms with Crippen molar-refractivity contribution in [3.63, 3.8) is 0 Å². The van der Waals surface area contributed by atoms with Crippen molar-refractivity contribution in [2.45, 2.75) is 65.3 Å². The standard InChI is InChI=1S/C30H38N2O4S/c1-19(2)26-17-27(22(5)16-29(26)36-8)24(7)31-30(33)18-32(28-11-9-10-21(4)23(28)6)37(34,35)25-14-12-20(3)13-15-25/h9-17,19,24H,18H2,1-8H3,(H,31,33). The van der Waals surface area contributed by atoms with Crippen LogP contribution in [0.15, 0.2) is 59.5 Å². The number of sulfonamides is 1. The summed E-state index contributed by atoms with van der Waals surface area (Å²) >= 11 is 0. The van der Waals surface area contributed by atoms with Crippen molar-refractivity contribution < 1.29 is 17.9 Å². The number of carbonyl (C=O) groups excluding carboxylic acids is 1. The zero-order chi connectivity index (χ0) is 27.5. The van der Waals surface area contributed by atoms with E-state index < -0.39 is 10.0 Å². The van der Waals surface area contributed by atoms with E-state index in [1.807, 2.05) is 52.8 Å². The number of rotatable bonds is 9. The highest BCUT2D eigenvalue weighted by atomic mass is 32.2. The number of hydrogen-bond acceptors (Lipinski definition) is 4. The van der Waals surface area contributed by atoms with Gasteiger partial charge < -0.3 is 10.1 Å². The van der Waals surface area contributed by atoms with Crippen molar-refractivity contribution in [3.05, 3.63) is 88.0 Å². The predicted octanol–water partition coefficient (Wildman–Crippen LogP) is 6.12. The average molecular weight is 523 g/mol. The van der Waals surface area contributed by atoms with E-state index in [2.05, 4.69) is 25.2 Å². The number of amides is 1. The summed E-state index contributed by atoms with van der Waals surface area (Å²) < 4.78 is 34.3. The van der Waals surface area contributed by atoms with E-state index >= 15 is 0 Å². The van der Waals surface area contributed by atoms with E-state index in [0.717, 1.165) is 39.1 Å². The van der Waals surface area contributed by atoms with Crippen molar-refractivity contribution in [2.24, 2.45) is 0 Å². The molecule has 1 amide bonds. The van der Waals surface area contributed by atoms with Gasteiger partial charge in [-0.05, 0) is 98.7 Å². The summed E-state index contributed by atoms with van der Waals surface area (Å²) in [6.45, 7) is 13.4. The van der Waals surface area contributed by atoms with E-state index in [1.54, 1.807) is 37.4 Å². The molecule has 3 aromatic rings. The normalized spacial score (nSPS) is 12.4. The van der Waals surface area contributed by atoms with Crippen LogP contribution >= 0.6 is 0 Å². The van der Waals surface area contributed by atoms with Crippen LogP contribution < -0.4 is 14.4 Å². The Bertz CT molecular complexity index is 1380. The molecule has 0 aliphatic carbocycles. The minimum Gasteiger partial charge on any atom is -0.496 e. The molecule has 0 radical (unpaired) electrons. The molecule has 0 bridgehead atoms. The number of carbonyl (C=O) groups is 1. The van der Waals surface area contributed by atoms with E-state index in [4.69, 9.17) is 4.74 Å². The molecule has 1 unspecified atom stereocenters. The third-order valence-corrected chi connectivity index (χ3v) is 8.60. The number of anilines is 1. The quantitative estimate of drug-likeness (QED) is 0.367. The van der Waals surface area contributed by atoms with Gasteiger partial charge >= 0.3 is 0 Å². The molecule has 0 aliphatic heterocycles. The molecule has 0 saturated carbocycles. The highest BCUT2D eigenvalue weighted by molar-refractivity contribution is 7.92. The number of methoxy groups -OCH3 is 1. The van der Waals surface area contributed by atoms with Crippen LogP contribution in [0.1, 0.15) is 66.1 Å². The van der Waals surface area contributed by atoms with Gasteiger partial charge in [0.1, 0.15) is 12.3 Å². The number of nitrogens with zero attached hydrogens (tertiary/aromatic N) is 1. The third kappa shape index (κ3) is 6.16. The lowest BCUT2D eigenvalue weighted by Crippen LogP contribution is -2.42. The SMILES string of the molecule is COc1cc(C)c(C(C)NC(=O)CN(c2cccc(C)c2C)S(=O)(=O)c2ccc(C)cc2)cc1C(C)C. The van der Waals surface area contributed by atoms with Crippen molar-refractivity contribution in [3.8, 4) is 5.75 Å². The Labute approximate surface area is 221 Å². The first-order valence-electron chi connectivity index (χ1n) is 12.5. The van der Waals surface area contributed by atoms with Crippen LogP contribution in [0.3, 0.4) is 0 Å². The maximum absolute atomic E-state index is 13.8. The number of hydrogen-bond donors (Lipinski definition) is 1. The third-order valence-electron chi connectivity index (χ3n) is 6.83. The molecule has 0 saturated heterocycles. The fourth-order valence-electron chi connectivity index (χ4n) is 4.45. The summed E-state index contributed by atoms with van der Waals surface area (Å²) in [5.74, 6) is 0.683. The fourth-order valence-corrected chi connectivity index (χ4v) is 5.93. The number of ether oxygens (including phenoxy) is 1. The minimum absolute atomic E-state index is 0.146. The number of nitrogens with one attached hydrogen (secondary N) is 1. The topological polar surface area (TPSA) is 75.7 Å². The number of benzene rings is 3. The maximum atomic E-state index is 13.8. The fraction of sp³-hybridized carbons (Fsp3) is 0.367. The Kier molecular flexibility index (Phi) is 8.69. The van der Waals surface area contributed by atoms with Gasteiger partial charge in [0.05, 0.1) is 23.7 Å². The van der Waals surface area contributed by atoms with E-state index in [-0.39, 0.29) is 29.3 Å². The van der Waals surface area contributed by atoms with Gasteiger partial charge in [-0.3, -0.25) is 9.10 Å².